The first-order valence-electron chi connectivity index (χ1n) is 9.89. The molecule has 1 fully saturated rings. The molecule has 1 heterocycles. The van der Waals surface area contributed by atoms with Crippen LogP contribution in [0, 0.1) is 0 Å². The van der Waals surface area contributed by atoms with Crippen molar-refractivity contribution in [1.82, 2.24) is 15.5 Å². The van der Waals surface area contributed by atoms with Crippen LogP contribution in [0.25, 0.3) is 0 Å². The molecule has 1 aliphatic heterocycles. The Bertz CT molecular complexity index is 999. The van der Waals surface area contributed by atoms with Gasteiger partial charge in [0, 0.05) is 35.1 Å². The molecule has 0 aliphatic carbocycles. The SMILES string of the molecule is O=C(CC1C(=O)NCCN1C(=S)NC(=O)c1cc(Cl)cc(Cl)c1)OCCc1ccccc1. The number of piperazine rings is 1. The fraction of sp³-hybridized carbons (Fsp3) is 0.273. The van der Waals surface area contributed by atoms with Gasteiger partial charge in [-0.15, -0.1) is 0 Å². The van der Waals surface area contributed by atoms with Crippen molar-refractivity contribution in [3.63, 3.8) is 0 Å². The quantitative estimate of drug-likeness (QED) is 0.475. The molecule has 168 valence electrons. The van der Waals surface area contributed by atoms with E-state index in [1.165, 1.54) is 23.1 Å². The number of amides is 2. The lowest BCUT2D eigenvalue weighted by molar-refractivity contribution is -0.147. The van der Waals surface area contributed by atoms with E-state index in [4.69, 9.17) is 40.2 Å². The molecule has 10 heteroatoms. The van der Waals surface area contributed by atoms with Gasteiger partial charge in [0.2, 0.25) is 5.91 Å². The molecule has 1 aliphatic rings. The van der Waals surface area contributed by atoms with E-state index in [1.54, 1.807) is 0 Å². The second-order valence-electron chi connectivity index (χ2n) is 7.08. The van der Waals surface area contributed by atoms with Gasteiger partial charge in [-0.3, -0.25) is 19.7 Å². The largest absolute Gasteiger partial charge is 0.465 e. The molecule has 1 saturated heterocycles. The van der Waals surface area contributed by atoms with Crippen molar-refractivity contribution in [3.8, 4) is 0 Å². The van der Waals surface area contributed by atoms with Gasteiger partial charge in [-0.05, 0) is 36.0 Å². The second-order valence-corrected chi connectivity index (χ2v) is 8.34. The van der Waals surface area contributed by atoms with Crippen LogP contribution in [-0.2, 0) is 20.7 Å². The number of hydrogen-bond donors (Lipinski definition) is 2. The minimum Gasteiger partial charge on any atom is -0.465 e. The van der Waals surface area contributed by atoms with Crippen LogP contribution in [0.15, 0.2) is 48.5 Å². The molecule has 0 aromatic heterocycles. The zero-order valence-electron chi connectivity index (χ0n) is 17.0. The summed E-state index contributed by atoms with van der Waals surface area (Å²) in [5.41, 5.74) is 1.27. The number of carbonyl (C=O) groups is 3. The van der Waals surface area contributed by atoms with E-state index in [0.717, 1.165) is 5.56 Å². The summed E-state index contributed by atoms with van der Waals surface area (Å²) in [5.74, 6) is -1.41. The fourth-order valence-corrected chi connectivity index (χ4v) is 4.07. The summed E-state index contributed by atoms with van der Waals surface area (Å²) in [6.07, 6.45) is 0.378. The van der Waals surface area contributed by atoms with Gasteiger partial charge in [0.25, 0.3) is 5.91 Å². The van der Waals surface area contributed by atoms with Crippen LogP contribution < -0.4 is 10.6 Å². The molecule has 0 bridgehead atoms. The molecule has 1 atom stereocenters. The third-order valence-electron chi connectivity index (χ3n) is 4.79. The zero-order chi connectivity index (χ0) is 23.1. The highest BCUT2D eigenvalue weighted by atomic mass is 35.5. The Kier molecular flexibility index (Phi) is 8.44. The molecule has 2 aromatic carbocycles. The number of carbonyl (C=O) groups excluding carboxylic acids is 3. The van der Waals surface area contributed by atoms with Crippen molar-refractivity contribution < 1.29 is 19.1 Å². The number of nitrogens with zero attached hydrogens (tertiary/aromatic N) is 1. The van der Waals surface area contributed by atoms with Crippen molar-refractivity contribution in [2.24, 2.45) is 0 Å². The van der Waals surface area contributed by atoms with Gasteiger partial charge < -0.3 is 15.0 Å². The number of esters is 1. The first kappa shape index (κ1) is 24.0. The molecule has 7 nitrogen and oxygen atoms in total. The van der Waals surface area contributed by atoms with Crippen LogP contribution in [0.3, 0.4) is 0 Å². The maximum Gasteiger partial charge on any atom is 0.308 e. The first-order valence-corrected chi connectivity index (χ1v) is 11.0. The van der Waals surface area contributed by atoms with E-state index >= 15 is 0 Å². The summed E-state index contributed by atoms with van der Waals surface area (Å²) >= 11 is 17.2. The van der Waals surface area contributed by atoms with Crippen LogP contribution in [0.1, 0.15) is 22.3 Å². The Morgan fingerprint density at radius 2 is 1.84 bits per heavy atom. The number of hydrogen-bond acceptors (Lipinski definition) is 5. The highest BCUT2D eigenvalue weighted by Gasteiger charge is 2.34. The molecule has 2 N–H and O–H groups in total. The smallest absolute Gasteiger partial charge is 0.308 e. The first-order chi connectivity index (χ1) is 15.3. The third-order valence-corrected chi connectivity index (χ3v) is 5.57. The molecule has 3 rings (SSSR count). The number of nitrogens with one attached hydrogen (secondary N) is 2. The van der Waals surface area contributed by atoms with E-state index < -0.39 is 17.9 Å². The monoisotopic (exact) mass is 493 g/mol. The van der Waals surface area contributed by atoms with Gasteiger partial charge in [0.05, 0.1) is 13.0 Å². The van der Waals surface area contributed by atoms with Crippen molar-refractivity contribution in [2.45, 2.75) is 18.9 Å². The average Bonchev–Trinajstić information content (AvgIpc) is 2.75. The highest BCUT2D eigenvalue weighted by Crippen LogP contribution is 2.19. The molecule has 32 heavy (non-hydrogen) atoms. The Balaban J connectivity index is 1.58. The molecule has 2 amide bonds. The van der Waals surface area contributed by atoms with Crippen LogP contribution in [0.4, 0.5) is 0 Å². The van der Waals surface area contributed by atoms with E-state index in [0.29, 0.717) is 29.6 Å². The van der Waals surface area contributed by atoms with E-state index in [2.05, 4.69) is 10.6 Å². The Morgan fingerprint density at radius 1 is 1.16 bits per heavy atom. The number of ether oxygens (including phenoxy) is 1. The molecular formula is C22H21Cl2N3O4S. The average molecular weight is 494 g/mol. The Hall–Kier alpha value is -2.68. The van der Waals surface area contributed by atoms with Crippen molar-refractivity contribution in [2.75, 3.05) is 19.7 Å². The lowest BCUT2D eigenvalue weighted by Gasteiger charge is -2.36. The molecule has 1 unspecified atom stereocenters. The summed E-state index contributed by atoms with van der Waals surface area (Å²) in [4.78, 5) is 38.8. The van der Waals surface area contributed by atoms with Crippen molar-refractivity contribution in [1.29, 1.82) is 0 Å². The van der Waals surface area contributed by atoms with Gasteiger partial charge in [0.15, 0.2) is 5.11 Å². The van der Waals surface area contributed by atoms with E-state index in [9.17, 15) is 14.4 Å². The normalized spacial score (nSPS) is 15.6. The molecule has 0 radical (unpaired) electrons. The lowest BCUT2D eigenvalue weighted by atomic mass is 10.1. The summed E-state index contributed by atoms with van der Waals surface area (Å²) in [6.45, 7) is 0.869. The van der Waals surface area contributed by atoms with Crippen LogP contribution in [0.2, 0.25) is 10.0 Å². The summed E-state index contributed by atoms with van der Waals surface area (Å²) in [5, 5.41) is 5.93. The lowest BCUT2D eigenvalue weighted by Crippen LogP contribution is -2.60. The predicted octanol–water partition coefficient (Wildman–Crippen LogP) is 2.98. The minimum atomic E-state index is -0.885. The fourth-order valence-electron chi connectivity index (χ4n) is 3.23. The van der Waals surface area contributed by atoms with Gasteiger partial charge >= 0.3 is 5.97 Å². The topological polar surface area (TPSA) is 87.7 Å². The molecule has 0 spiro atoms. The minimum absolute atomic E-state index is 0.0306. The van der Waals surface area contributed by atoms with Crippen LogP contribution >= 0.6 is 35.4 Å². The van der Waals surface area contributed by atoms with Gasteiger partial charge in [-0.25, -0.2) is 0 Å². The second kappa shape index (κ2) is 11.3. The standard InChI is InChI=1S/C22H21Cl2N3O4S/c23-16-10-15(11-17(24)12-16)20(29)26-22(32)27-8-7-25-21(30)18(27)13-19(28)31-9-6-14-4-2-1-3-5-14/h1-5,10-12,18H,6-9,13H2,(H,25,30)(H,26,29,32). The maximum atomic E-state index is 12.6. The van der Waals surface area contributed by atoms with Crippen LogP contribution in [-0.4, -0.2) is 53.5 Å². The van der Waals surface area contributed by atoms with Gasteiger partial charge in [0.1, 0.15) is 6.04 Å². The molecule has 2 aromatic rings. The molecular weight excluding hydrogens is 473 g/mol. The van der Waals surface area contributed by atoms with Crippen LogP contribution in [0.5, 0.6) is 0 Å². The van der Waals surface area contributed by atoms with Crippen molar-refractivity contribution in [3.05, 3.63) is 69.7 Å². The zero-order valence-corrected chi connectivity index (χ0v) is 19.3. The van der Waals surface area contributed by atoms with E-state index in [-0.39, 0.29) is 29.6 Å². The summed E-state index contributed by atoms with van der Waals surface area (Å²) < 4.78 is 5.30. The number of thiocarbonyl (C=S) groups is 1. The maximum absolute atomic E-state index is 12.6. The van der Waals surface area contributed by atoms with E-state index in [1.807, 2.05) is 30.3 Å². The van der Waals surface area contributed by atoms with Crippen molar-refractivity contribution >= 4 is 58.3 Å². The van der Waals surface area contributed by atoms with Gasteiger partial charge in [-0.1, -0.05) is 53.5 Å². The van der Waals surface area contributed by atoms with Gasteiger partial charge in [-0.2, -0.15) is 0 Å². The number of halogens is 2. The number of rotatable bonds is 6. The Morgan fingerprint density at radius 3 is 2.53 bits per heavy atom. The number of benzene rings is 2. The third kappa shape index (κ3) is 6.66. The summed E-state index contributed by atoms with van der Waals surface area (Å²) in [7, 11) is 0. The summed E-state index contributed by atoms with van der Waals surface area (Å²) in [6, 6.07) is 13.1. The highest BCUT2D eigenvalue weighted by molar-refractivity contribution is 7.80. The Labute approximate surface area is 201 Å². The molecule has 0 saturated carbocycles. The predicted molar refractivity (Wildman–Crippen MR) is 126 cm³/mol.